The van der Waals surface area contributed by atoms with E-state index >= 15 is 0 Å². The highest BCUT2D eigenvalue weighted by Gasteiger charge is 2.08. The molecule has 0 saturated carbocycles. The molecule has 1 aliphatic heterocycles. The van der Waals surface area contributed by atoms with Gasteiger partial charge in [0.05, 0.1) is 28.7 Å². The van der Waals surface area contributed by atoms with E-state index in [1.54, 1.807) is 6.08 Å². The van der Waals surface area contributed by atoms with Crippen LogP contribution in [0, 0.1) is 0 Å². The van der Waals surface area contributed by atoms with Gasteiger partial charge in [0, 0.05) is 0 Å². The predicted octanol–water partition coefficient (Wildman–Crippen LogP) is 3.20. The van der Waals surface area contributed by atoms with Gasteiger partial charge in [-0.05, 0) is 35.9 Å². The molecule has 1 aliphatic carbocycles. The average molecular weight is 210 g/mol. The number of aliphatic hydroxyl groups excluding tert-OH is 1. The number of aromatic amines is 1. The zero-order valence-corrected chi connectivity index (χ0v) is 8.51. The van der Waals surface area contributed by atoms with Crippen molar-refractivity contribution in [3.05, 3.63) is 48.2 Å². The van der Waals surface area contributed by atoms with Gasteiger partial charge in [-0.2, -0.15) is 0 Å². The molecule has 0 saturated heterocycles. The summed E-state index contributed by atoms with van der Waals surface area (Å²) < 4.78 is 0. The van der Waals surface area contributed by atoms with Gasteiger partial charge >= 0.3 is 0 Å². The number of aliphatic hydroxyl groups is 1. The van der Waals surface area contributed by atoms with E-state index in [2.05, 4.69) is 9.97 Å². The molecule has 1 aromatic carbocycles. The summed E-state index contributed by atoms with van der Waals surface area (Å²) in [4.78, 5) is 7.84. The molecule has 3 rings (SSSR count). The van der Waals surface area contributed by atoms with Crippen LogP contribution in [0.1, 0.15) is 5.56 Å². The number of aromatic nitrogens is 2. The van der Waals surface area contributed by atoms with Gasteiger partial charge in [0.1, 0.15) is 0 Å². The first-order valence-corrected chi connectivity index (χ1v) is 5.06. The van der Waals surface area contributed by atoms with Crippen LogP contribution >= 0.6 is 0 Å². The van der Waals surface area contributed by atoms with E-state index in [-0.39, 0.29) is 0 Å². The van der Waals surface area contributed by atoms with E-state index in [0.29, 0.717) is 0 Å². The Morgan fingerprint density at radius 3 is 2.94 bits per heavy atom. The van der Waals surface area contributed by atoms with Gasteiger partial charge in [-0.25, -0.2) is 4.98 Å². The van der Waals surface area contributed by atoms with Crippen LogP contribution in [0.4, 0.5) is 0 Å². The lowest BCUT2D eigenvalue weighted by Crippen LogP contribution is -1.87. The summed E-state index contributed by atoms with van der Waals surface area (Å²) in [5, 5.41) is 8.72. The summed E-state index contributed by atoms with van der Waals surface area (Å²) in [5.41, 5.74) is 4.79. The fraction of sp³-hybridized carbons (Fsp3) is 0. The standard InChI is InChI=1S/C13H10N2O/c16-6-5-9-7-12-13(8-9)15-11-4-2-1-3-10(11)14-12/h1-8,14,16H. The number of benzene rings is 1. The van der Waals surface area contributed by atoms with E-state index in [1.807, 2.05) is 36.4 Å². The number of nitrogens with one attached hydrogen (secondary N) is 1. The van der Waals surface area contributed by atoms with Gasteiger partial charge < -0.3 is 10.1 Å². The molecule has 0 atom stereocenters. The first-order chi connectivity index (χ1) is 7.86. The van der Waals surface area contributed by atoms with Gasteiger partial charge in [-0.1, -0.05) is 12.1 Å². The lowest BCUT2D eigenvalue weighted by molar-refractivity contribution is 0.478. The van der Waals surface area contributed by atoms with Crippen molar-refractivity contribution >= 4 is 17.1 Å². The van der Waals surface area contributed by atoms with Crippen LogP contribution in [0.15, 0.2) is 42.7 Å². The minimum atomic E-state index is 0.909. The highest BCUT2D eigenvalue weighted by Crippen LogP contribution is 2.25. The molecule has 0 bridgehead atoms. The maximum Gasteiger partial charge on any atom is 0.0878 e. The summed E-state index contributed by atoms with van der Waals surface area (Å²) in [6.07, 6.45) is 2.67. The Morgan fingerprint density at radius 2 is 2.06 bits per heavy atom. The zero-order valence-electron chi connectivity index (χ0n) is 8.51. The lowest BCUT2D eigenvalue weighted by atomic mass is 10.2. The number of para-hydroxylation sites is 2. The smallest absolute Gasteiger partial charge is 0.0878 e. The second kappa shape index (κ2) is 3.38. The maximum atomic E-state index is 8.72. The first-order valence-electron chi connectivity index (χ1n) is 5.06. The van der Waals surface area contributed by atoms with E-state index < -0.39 is 0 Å². The molecule has 0 spiro atoms. The third-order valence-electron chi connectivity index (χ3n) is 2.57. The van der Waals surface area contributed by atoms with Crippen molar-refractivity contribution in [2.75, 3.05) is 0 Å². The van der Waals surface area contributed by atoms with Crippen molar-refractivity contribution in [1.29, 1.82) is 0 Å². The molecule has 0 unspecified atom stereocenters. The largest absolute Gasteiger partial charge is 0.516 e. The van der Waals surface area contributed by atoms with Gasteiger partial charge in [0.25, 0.3) is 0 Å². The van der Waals surface area contributed by atoms with E-state index in [0.717, 1.165) is 34.2 Å². The Hall–Kier alpha value is -2.29. The van der Waals surface area contributed by atoms with Crippen molar-refractivity contribution in [1.82, 2.24) is 9.97 Å². The number of hydrogen-bond donors (Lipinski definition) is 2. The number of nitrogens with zero attached hydrogens (tertiary/aromatic N) is 1. The molecule has 1 aromatic rings. The van der Waals surface area contributed by atoms with E-state index in [1.165, 1.54) is 0 Å². The van der Waals surface area contributed by atoms with Gasteiger partial charge in [0.2, 0.25) is 0 Å². The number of hydrogen-bond acceptors (Lipinski definition) is 2. The molecule has 0 fully saturated rings. The summed E-state index contributed by atoms with van der Waals surface area (Å²) in [7, 11) is 0. The van der Waals surface area contributed by atoms with Crippen LogP contribution in [0.5, 0.6) is 0 Å². The molecule has 0 radical (unpaired) electrons. The van der Waals surface area contributed by atoms with E-state index in [4.69, 9.17) is 5.11 Å². The highest BCUT2D eigenvalue weighted by atomic mass is 16.2. The third kappa shape index (κ3) is 1.34. The molecule has 0 amide bonds. The fourth-order valence-electron chi connectivity index (χ4n) is 1.84. The fourth-order valence-corrected chi connectivity index (χ4v) is 1.84. The number of fused-ring (bicyclic) bond motifs is 2. The van der Waals surface area contributed by atoms with Crippen LogP contribution in [0.2, 0.25) is 0 Å². The topological polar surface area (TPSA) is 48.9 Å². The lowest BCUT2D eigenvalue weighted by Gasteiger charge is -2.02. The molecule has 2 N–H and O–H groups in total. The van der Waals surface area contributed by atoms with Gasteiger partial charge in [-0.15, -0.1) is 0 Å². The minimum Gasteiger partial charge on any atom is -0.516 e. The summed E-state index contributed by atoms with van der Waals surface area (Å²) >= 11 is 0. The molecular weight excluding hydrogens is 200 g/mol. The Kier molecular flexibility index (Phi) is 1.90. The Morgan fingerprint density at radius 1 is 1.19 bits per heavy atom. The molecule has 3 nitrogen and oxygen atoms in total. The molecule has 0 aromatic heterocycles. The van der Waals surface area contributed by atoms with Crippen LogP contribution < -0.4 is 0 Å². The second-order valence-electron chi connectivity index (χ2n) is 3.66. The summed E-state index contributed by atoms with van der Waals surface area (Å²) in [5.74, 6) is 0. The SMILES string of the molecule is OC=Cc1cc2nc3ccccc3[nH]c-2c1. The Bertz CT molecular complexity index is 590. The Balaban J connectivity index is 2.31. The molecule has 2 aliphatic rings. The van der Waals surface area contributed by atoms with Crippen LogP contribution in [0.3, 0.4) is 0 Å². The predicted molar refractivity (Wildman–Crippen MR) is 64.4 cm³/mol. The summed E-state index contributed by atoms with van der Waals surface area (Å²) in [6.45, 7) is 0. The second-order valence-corrected chi connectivity index (χ2v) is 3.66. The molecule has 3 heteroatoms. The average Bonchev–Trinajstić information content (AvgIpc) is 2.67. The van der Waals surface area contributed by atoms with Crippen LogP contribution in [0.25, 0.3) is 28.5 Å². The van der Waals surface area contributed by atoms with Crippen molar-refractivity contribution in [3.63, 3.8) is 0 Å². The Labute approximate surface area is 92.4 Å². The van der Waals surface area contributed by atoms with Crippen LogP contribution in [-0.2, 0) is 0 Å². The normalized spacial score (nSPS) is 11.8. The highest BCUT2D eigenvalue weighted by molar-refractivity contribution is 5.81. The van der Waals surface area contributed by atoms with E-state index in [9.17, 15) is 0 Å². The third-order valence-corrected chi connectivity index (χ3v) is 2.57. The monoisotopic (exact) mass is 210 g/mol. The van der Waals surface area contributed by atoms with Crippen molar-refractivity contribution < 1.29 is 5.11 Å². The zero-order chi connectivity index (χ0) is 11.0. The number of H-pyrrole nitrogens is 1. The maximum absolute atomic E-state index is 8.72. The molecular formula is C13H10N2O. The molecule has 78 valence electrons. The van der Waals surface area contributed by atoms with Crippen LogP contribution in [-0.4, -0.2) is 15.1 Å². The summed E-state index contributed by atoms with van der Waals surface area (Å²) in [6, 6.07) is 11.8. The van der Waals surface area contributed by atoms with Crippen molar-refractivity contribution in [2.45, 2.75) is 0 Å². The van der Waals surface area contributed by atoms with Gasteiger partial charge in [-0.3, -0.25) is 0 Å². The quantitative estimate of drug-likeness (QED) is 0.606. The first kappa shape index (κ1) is 8.97. The molecule has 16 heavy (non-hydrogen) atoms. The number of rotatable bonds is 1. The van der Waals surface area contributed by atoms with Crippen molar-refractivity contribution in [3.8, 4) is 11.4 Å². The van der Waals surface area contributed by atoms with Crippen molar-refractivity contribution in [2.24, 2.45) is 0 Å². The minimum absolute atomic E-state index is 0.909. The molecule has 1 heterocycles. The van der Waals surface area contributed by atoms with Gasteiger partial charge in [0.15, 0.2) is 0 Å².